The molecule has 5 heteroatoms. The standard InChI is InChI=1S/C17H25N3O2/c21-14-7-11-20(12-8-14)16-4-2-1-3-15(16)19-17(22)13-5-9-18-10-6-13/h1-4,13-14,18,21H,5-12H2,(H,19,22). The molecule has 2 heterocycles. The highest BCUT2D eigenvalue weighted by Crippen LogP contribution is 2.29. The van der Waals surface area contributed by atoms with Crippen LogP contribution < -0.4 is 15.5 Å². The van der Waals surface area contributed by atoms with Crippen LogP contribution in [0.5, 0.6) is 0 Å². The van der Waals surface area contributed by atoms with E-state index in [1.165, 1.54) is 0 Å². The molecule has 2 aliphatic heterocycles. The first-order valence-electron chi connectivity index (χ1n) is 8.27. The average Bonchev–Trinajstić information content (AvgIpc) is 2.57. The maximum atomic E-state index is 12.5. The number of carbonyl (C=O) groups is 1. The van der Waals surface area contributed by atoms with Crippen molar-refractivity contribution in [3.8, 4) is 0 Å². The number of anilines is 2. The lowest BCUT2D eigenvalue weighted by atomic mass is 9.97. The second kappa shape index (κ2) is 7.11. The number of piperidine rings is 2. The van der Waals surface area contributed by atoms with E-state index in [2.05, 4.69) is 21.6 Å². The molecular formula is C17H25N3O2. The topological polar surface area (TPSA) is 64.6 Å². The monoisotopic (exact) mass is 303 g/mol. The van der Waals surface area contributed by atoms with Crippen molar-refractivity contribution in [3.05, 3.63) is 24.3 Å². The zero-order valence-corrected chi connectivity index (χ0v) is 12.9. The number of hydrogen-bond donors (Lipinski definition) is 3. The fourth-order valence-electron chi connectivity index (χ4n) is 3.28. The molecule has 5 nitrogen and oxygen atoms in total. The Labute approximate surface area is 131 Å². The number of hydrogen-bond acceptors (Lipinski definition) is 4. The van der Waals surface area contributed by atoms with Gasteiger partial charge in [-0.3, -0.25) is 4.79 Å². The third kappa shape index (κ3) is 3.59. The number of carbonyl (C=O) groups excluding carboxylic acids is 1. The zero-order valence-electron chi connectivity index (χ0n) is 12.9. The Morgan fingerprint density at radius 2 is 1.82 bits per heavy atom. The van der Waals surface area contributed by atoms with Gasteiger partial charge in [0, 0.05) is 19.0 Å². The summed E-state index contributed by atoms with van der Waals surface area (Å²) in [6.07, 6.45) is 3.20. The second-order valence-electron chi connectivity index (χ2n) is 6.25. The van der Waals surface area contributed by atoms with Gasteiger partial charge in [0.2, 0.25) is 5.91 Å². The third-order valence-electron chi connectivity index (χ3n) is 4.68. The summed E-state index contributed by atoms with van der Waals surface area (Å²) in [5.41, 5.74) is 1.96. The minimum absolute atomic E-state index is 0.109. The molecule has 2 saturated heterocycles. The van der Waals surface area contributed by atoms with E-state index in [-0.39, 0.29) is 17.9 Å². The van der Waals surface area contributed by atoms with E-state index >= 15 is 0 Å². The van der Waals surface area contributed by atoms with Crippen molar-refractivity contribution in [2.75, 3.05) is 36.4 Å². The molecule has 0 radical (unpaired) electrons. The molecule has 0 aromatic heterocycles. The Balaban J connectivity index is 1.69. The number of nitrogens with zero attached hydrogens (tertiary/aromatic N) is 1. The zero-order chi connectivity index (χ0) is 15.4. The van der Waals surface area contributed by atoms with Gasteiger partial charge in [0.25, 0.3) is 0 Å². The van der Waals surface area contributed by atoms with Gasteiger partial charge in [-0.05, 0) is 50.9 Å². The Bertz CT molecular complexity index is 506. The summed E-state index contributed by atoms with van der Waals surface area (Å²) in [6.45, 7) is 3.51. The fraction of sp³-hybridized carbons (Fsp3) is 0.588. The molecule has 120 valence electrons. The first-order chi connectivity index (χ1) is 10.7. The largest absolute Gasteiger partial charge is 0.393 e. The van der Waals surface area contributed by atoms with E-state index < -0.39 is 0 Å². The highest BCUT2D eigenvalue weighted by Gasteiger charge is 2.23. The predicted molar refractivity (Wildman–Crippen MR) is 88.1 cm³/mol. The highest BCUT2D eigenvalue weighted by molar-refractivity contribution is 5.95. The van der Waals surface area contributed by atoms with Crippen molar-refractivity contribution in [2.45, 2.75) is 31.8 Å². The lowest BCUT2D eigenvalue weighted by Gasteiger charge is -2.33. The second-order valence-corrected chi connectivity index (χ2v) is 6.25. The molecule has 0 atom stereocenters. The summed E-state index contributed by atoms with van der Waals surface area (Å²) in [4.78, 5) is 14.7. The molecule has 22 heavy (non-hydrogen) atoms. The van der Waals surface area contributed by atoms with Gasteiger partial charge >= 0.3 is 0 Å². The molecule has 2 fully saturated rings. The molecule has 0 aliphatic carbocycles. The summed E-state index contributed by atoms with van der Waals surface area (Å²) < 4.78 is 0. The Morgan fingerprint density at radius 3 is 2.55 bits per heavy atom. The SMILES string of the molecule is O=C(Nc1ccccc1N1CCC(O)CC1)C1CCNCC1. The van der Waals surface area contributed by atoms with Gasteiger partial charge in [-0.15, -0.1) is 0 Å². The normalized spacial score (nSPS) is 20.9. The quantitative estimate of drug-likeness (QED) is 0.793. The van der Waals surface area contributed by atoms with Crippen LogP contribution in [0.3, 0.4) is 0 Å². The maximum Gasteiger partial charge on any atom is 0.227 e. The van der Waals surface area contributed by atoms with E-state index in [1.54, 1.807) is 0 Å². The first kappa shape index (κ1) is 15.3. The van der Waals surface area contributed by atoms with Crippen LogP contribution >= 0.6 is 0 Å². The first-order valence-corrected chi connectivity index (χ1v) is 8.27. The average molecular weight is 303 g/mol. The number of para-hydroxylation sites is 2. The van der Waals surface area contributed by atoms with E-state index in [1.807, 2.05) is 18.2 Å². The van der Waals surface area contributed by atoms with Crippen LogP contribution in [0.2, 0.25) is 0 Å². The van der Waals surface area contributed by atoms with Crippen molar-refractivity contribution in [3.63, 3.8) is 0 Å². The molecule has 3 N–H and O–H groups in total. The minimum Gasteiger partial charge on any atom is -0.393 e. The van der Waals surface area contributed by atoms with Crippen LogP contribution in [0.25, 0.3) is 0 Å². The molecular weight excluding hydrogens is 278 g/mol. The van der Waals surface area contributed by atoms with Crippen LogP contribution in [0, 0.1) is 5.92 Å². The van der Waals surface area contributed by atoms with Crippen LogP contribution in [0.4, 0.5) is 11.4 Å². The molecule has 0 saturated carbocycles. The summed E-state index contributed by atoms with van der Waals surface area (Å²) >= 11 is 0. The van der Waals surface area contributed by atoms with Crippen molar-refractivity contribution in [1.82, 2.24) is 5.32 Å². The summed E-state index contributed by atoms with van der Waals surface area (Å²) in [5.74, 6) is 0.239. The highest BCUT2D eigenvalue weighted by atomic mass is 16.3. The summed E-state index contributed by atoms with van der Waals surface area (Å²) in [5, 5.41) is 16.1. The van der Waals surface area contributed by atoms with Gasteiger partial charge in [-0.2, -0.15) is 0 Å². The summed E-state index contributed by atoms with van der Waals surface area (Å²) in [7, 11) is 0. The molecule has 1 aromatic carbocycles. The van der Waals surface area contributed by atoms with Gasteiger partial charge in [-0.1, -0.05) is 12.1 Å². The summed E-state index contributed by atoms with van der Waals surface area (Å²) in [6, 6.07) is 7.98. The molecule has 0 unspecified atom stereocenters. The van der Waals surface area contributed by atoms with Crippen molar-refractivity contribution in [2.24, 2.45) is 5.92 Å². The number of benzene rings is 1. The number of amides is 1. The Kier molecular flexibility index (Phi) is 4.95. The van der Waals surface area contributed by atoms with Crippen molar-refractivity contribution < 1.29 is 9.90 Å². The number of aliphatic hydroxyl groups is 1. The van der Waals surface area contributed by atoms with Crippen LogP contribution in [0.1, 0.15) is 25.7 Å². The number of aliphatic hydroxyl groups excluding tert-OH is 1. The van der Waals surface area contributed by atoms with E-state index in [0.29, 0.717) is 0 Å². The molecule has 2 aliphatic rings. The lowest BCUT2D eigenvalue weighted by molar-refractivity contribution is -0.120. The molecule has 1 aromatic rings. The molecule has 0 bridgehead atoms. The Hall–Kier alpha value is -1.59. The van der Waals surface area contributed by atoms with Gasteiger partial charge < -0.3 is 20.6 Å². The lowest BCUT2D eigenvalue weighted by Crippen LogP contribution is -2.37. The molecule has 3 rings (SSSR count). The van der Waals surface area contributed by atoms with Gasteiger partial charge in [0.15, 0.2) is 0 Å². The maximum absolute atomic E-state index is 12.5. The third-order valence-corrected chi connectivity index (χ3v) is 4.68. The van der Waals surface area contributed by atoms with Gasteiger partial charge in [0.05, 0.1) is 17.5 Å². The number of nitrogens with one attached hydrogen (secondary N) is 2. The molecule has 0 spiro atoms. The predicted octanol–water partition coefficient (Wildman–Crippen LogP) is 1.59. The van der Waals surface area contributed by atoms with Crippen molar-refractivity contribution in [1.29, 1.82) is 0 Å². The van der Waals surface area contributed by atoms with E-state index in [9.17, 15) is 9.90 Å². The van der Waals surface area contributed by atoms with Gasteiger partial charge in [-0.25, -0.2) is 0 Å². The van der Waals surface area contributed by atoms with Gasteiger partial charge in [0.1, 0.15) is 0 Å². The molecule has 1 amide bonds. The van der Waals surface area contributed by atoms with Crippen LogP contribution in [-0.2, 0) is 4.79 Å². The van der Waals surface area contributed by atoms with Crippen LogP contribution in [0.15, 0.2) is 24.3 Å². The minimum atomic E-state index is -0.187. The van der Waals surface area contributed by atoms with Crippen LogP contribution in [-0.4, -0.2) is 43.3 Å². The number of rotatable bonds is 3. The van der Waals surface area contributed by atoms with Crippen molar-refractivity contribution >= 4 is 17.3 Å². The Morgan fingerprint density at radius 1 is 1.14 bits per heavy atom. The smallest absolute Gasteiger partial charge is 0.227 e. The van der Waals surface area contributed by atoms with E-state index in [0.717, 1.165) is 63.2 Å². The fourth-order valence-corrected chi connectivity index (χ4v) is 3.28. The van der Waals surface area contributed by atoms with E-state index in [4.69, 9.17) is 0 Å².